The summed E-state index contributed by atoms with van der Waals surface area (Å²) in [5.74, 6) is 0.885. The Hall–Kier alpha value is -1.68. The minimum absolute atomic E-state index is 0.219. The third-order valence-corrected chi connectivity index (χ3v) is 2.65. The van der Waals surface area contributed by atoms with E-state index in [1.54, 1.807) is 25.1 Å². The van der Waals surface area contributed by atoms with Crippen molar-refractivity contribution in [3.8, 4) is 11.5 Å². The maximum atomic E-state index is 9.54. The summed E-state index contributed by atoms with van der Waals surface area (Å²) in [5, 5.41) is 13.5. The zero-order chi connectivity index (χ0) is 12.3. The first kappa shape index (κ1) is 11.8. The molecule has 0 atom stereocenters. The van der Waals surface area contributed by atoms with Crippen molar-refractivity contribution in [2.75, 3.05) is 13.2 Å². The number of phenolic OH excluding ortho intramolecular Hbond substituents is 1. The molecule has 0 spiro atoms. The summed E-state index contributed by atoms with van der Waals surface area (Å²) < 4.78 is 5.46. The number of oxime groups is 1. The quantitative estimate of drug-likeness (QED) is 0.665. The van der Waals surface area contributed by atoms with Crippen molar-refractivity contribution in [1.29, 1.82) is 0 Å². The fourth-order valence-electron chi connectivity index (χ4n) is 1.58. The third-order valence-electron chi connectivity index (χ3n) is 2.48. The molecule has 2 rings (SSSR count). The van der Waals surface area contributed by atoms with Crippen molar-refractivity contribution in [2.24, 2.45) is 5.16 Å². The maximum Gasteiger partial charge on any atom is 0.136 e. The van der Waals surface area contributed by atoms with Gasteiger partial charge in [-0.2, -0.15) is 0 Å². The van der Waals surface area contributed by atoms with Gasteiger partial charge in [-0.25, -0.2) is 0 Å². The van der Waals surface area contributed by atoms with Crippen molar-refractivity contribution >= 4 is 17.3 Å². The molecule has 0 aromatic heterocycles. The number of aromatic hydroxyl groups is 1. The highest BCUT2D eigenvalue weighted by atomic mass is 35.5. The number of halogens is 1. The van der Waals surface area contributed by atoms with Crippen LogP contribution in [0, 0.1) is 6.92 Å². The number of rotatable bonds is 3. The Morgan fingerprint density at radius 2 is 2.41 bits per heavy atom. The number of benzene rings is 1. The Balaban J connectivity index is 2.20. The van der Waals surface area contributed by atoms with E-state index in [9.17, 15) is 5.11 Å². The number of phenols is 1. The topological polar surface area (TPSA) is 51.0 Å². The van der Waals surface area contributed by atoms with Crippen LogP contribution < -0.4 is 4.74 Å². The van der Waals surface area contributed by atoms with Gasteiger partial charge < -0.3 is 14.7 Å². The van der Waals surface area contributed by atoms with Crippen molar-refractivity contribution in [1.82, 2.24) is 0 Å². The molecule has 1 N–H and O–H groups in total. The van der Waals surface area contributed by atoms with Crippen molar-refractivity contribution < 1.29 is 14.7 Å². The van der Waals surface area contributed by atoms with Crippen molar-refractivity contribution in [2.45, 2.75) is 6.92 Å². The van der Waals surface area contributed by atoms with Crippen LogP contribution in [0.1, 0.15) is 11.1 Å². The second-order valence-corrected chi connectivity index (χ2v) is 3.82. The second-order valence-electron chi connectivity index (χ2n) is 3.57. The van der Waals surface area contributed by atoms with Crippen molar-refractivity contribution in [3.63, 3.8) is 0 Å². The fourth-order valence-corrected chi connectivity index (χ4v) is 1.66. The highest BCUT2D eigenvalue weighted by Gasteiger charge is 2.23. The number of nitrogens with zero attached hydrogens (tertiary/aromatic N) is 1. The summed E-state index contributed by atoms with van der Waals surface area (Å²) in [7, 11) is 0. The maximum absolute atomic E-state index is 9.54. The molecule has 1 heterocycles. The van der Waals surface area contributed by atoms with Crippen LogP contribution in [0.4, 0.5) is 0 Å². The largest absolute Gasteiger partial charge is 0.508 e. The minimum atomic E-state index is 0.219. The standard InChI is InChI=1S/C12H12ClNO3/c1-8-11(15)4-3-9-10(7-16-12(8)9)14-17-6-2-5-13/h2-5,15H,6-7H2,1H3. The summed E-state index contributed by atoms with van der Waals surface area (Å²) >= 11 is 5.35. The van der Waals surface area contributed by atoms with Gasteiger partial charge in [0, 0.05) is 16.7 Å². The SMILES string of the molecule is Cc1c(O)ccc2c1OCC2=NOCC=CCl. The Morgan fingerprint density at radius 3 is 3.18 bits per heavy atom. The molecule has 5 heteroatoms. The molecular formula is C12H12ClNO3. The van der Waals surface area contributed by atoms with E-state index in [-0.39, 0.29) is 5.75 Å². The molecule has 90 valence electrons. The van der Waals surface area contributed by atoms with Gasteiger partial charge in [-0.05, 0) is 25.1 Å². The van der Waals surface area contributed by atoms with E-state index >= 15 is 0 Å². The summed E-state index contributed by atoms with van der Waals surface area (Å²) in [5.41, 5.74) is 3.66. The molecule has 4 nitrogen and oxygen atoms in total. The van der Waals surface area contributed by atoms with Gasteiger partial charge in [-0.3, -0.25) is 0 Å². The van der Waals surface area contributed by atoms with E-state index in [1.807, 2.05) is 0 Å². The van der Waals surface area contributed by atoms with Gasteiger partial charge in [-0.15, -0.1) is 0 Å². The summed E-state index contributed by atoms with van der Waals surface area (Å²) in [6.07, 6.45) is 1.64. The molecule has 0 bridgehead atoms. The predicted octanol–water partition coefficient (Wildman–Crippen LogP) is 2.57. The first-order chi connectivity index (χ1) is 8.24. The van der Waals surface area contributed by atoms with Crippen LogP contribution in [0.25, 0.3) is 0 Å². The smallest absolute Gasteiger partial charge is 0.136 e. The zero-order valence-electron chi connectivity index (χ0n) is 9.31. The van der Waals surface area contributed by atoms with Crippen LogP contribution >= 0.6 is 11.6 Å². The molecule has 1 aliphatic heterocycles. The highest BCUT2D eigenvalue weighted by Crippen LogP contribution is 2.34. The first-order valence-electron chi connectivity index (χ1n) is 5.14. The fraction of sp³-hybridized carbons (Fsp3) is 0.250. The lowest BCUT2D eigenvalue weighted by molar-refractivity contribution is 0.173. The molecule has 1 aliphatic rings. The Morgan fingerprint density at radius 1 is 1.59 bits per heavy atom. The summed E-state index contributed by atoms with van der Waals surface area (Å²) in [6, 6.07) is 3.39. The van der Waals surface area contributed by atoms with Gasteiger partial charge >= 0.3 is 0 Å². The molecule has 1 aromatic rings. The summed E-state index contributed by atoms with van der Waals surface area (Å²) in [4.78, 5) is 5.06. The van der Waals surface area contributed by atoms with E-state index in [2.05, 4.69) is 5.16 Å². The van der Waals surface area contributed by atoms with E-state index in [0.717, 1.165) is 5.56 Å². The molecule has 0 radical (unpaired) electrons. The molecule has 0 aliphatic carbocycles. The van der Waals surface area contributed by atoms with Crippen molar-refractivity contribution in [3.05, 3.63) is 34.9 Å². The molecular weight excluding hydrogens is 242 g/mol. The van der Waals surface area contributed by atoms with Gasteiger partial charge in [0.25, 0.3) is 0 Å². The van der Waals surface area contributed by atoms with Crippen LogP contribution in [0.3, 0.4) is 0 Å². The number of hydrogen-bond donors (Lipinski definition) is 1. The van der Waals surface area contributed by atoms with Gasteiger partial charge in [0.1, 0.15) is 30.4 Å². The predicted molar refractivity (Wildman–Crippen MR) is 65.8 cm³/mol. The minimum Gasteiger partial charge on any atom is -0.508 e. The number of ether oxygens (including phenoxy) is 1. The van der Waals surface area contributed by atoms with Gasteiger partial charge in [0.2, 0.25) is 0 Å². The number of fused-ring (bicyclic) bond motifs is 1. The average Bonchev–Trinajstić information content (AvgIpc) is 2.73. The molecule has 17 heavy (non-hydrogen) atoms. The van der Waals surface area contributed by atoms with Gasteiger partial charge in [0.05, 0.1) is 0 Å². The van der Waals surface area contributed by atoms with Crippen LogP contribution in [-0.4, -0.2) is 24.0 Å². The molecule has 0 saturated heterocycles. The Labute approximate surface area is 104 Å². The lowest BCUT2D eigenvalue weighted by Crippen LogP contribution is -2.03. The average molecular weight is 254 g/mol. The van der Waals surface area contributed by atoms with Crippen LogP contribution in [0.5, 0.6) is 11.5 Å². The molecule has 1 aromatic carbocycles. The highest BCUT2D eigenvalue weighted by molar-refractivity contribution is 6.25. The normalized spacial score (nSPS) is 16.2. The first-order valence-corrected chi connectivity index (χ1v) is 5.57. The zero-order valence-corrected chi connectivity index (χ0v) is 10.1. The second kappa shape index (κ2) is 5.10. The van der Waals surface area contributed by atoms with E-state index in [4.69, 9.17) is 21.2 Å². The van der Waals surface area contributed by atoms with Crippen LogP contribution in [0.15, 0.2) is 28.9 Å². The molecule has 0 saturated carbocycles. The van der Waals surface area contributed by atoms with Gasteiger partial charge in [-0.1, -0.05) is 16.8 Å². The number of hydrogen-bond acceptors (Lipinski definition) is 4. The monoisotopic (exact) mass is 253 g/mol. The van der Waals surface area contributed by atoms with E-state index in [0.29, 0.717) is 30.2 Å². The van der Waals surface area contributed by atoms with E-state index < -0.39 is 0 Å². The molecule has 0 unspecified atom stereocenters. The lowest BCUT2D eigenvalue weighted by Gasteiger charge is -2.03. The Bertz CT molecular complexity index is 483. The lowest BCUT2D eigenvalue weighted by atomic mass is 10.1. The van der Waals surface area contributed by atoms with E-state index in [1.165, 1.54) is 5.54 Å². The van der Waals surface area contributed by atoms with Crippen LogP contribution in [0.2, 0.25) is 0 Å². The molecule has 0 amide bonds. The third kappa shape index (κ3) is 2.36. The summed E-state index contributed by atoms with van der Waals surface area (Å²) in [6.45, 7) is 2.47. The Kier molecular flexibility index (Phi) is 3.54. The van der Waals surface area contributed by atoms with Crippen LogP contribution in [-0.2, 0) is 4.84 Å². The van der Waals surface area contributed by atoms with Gasteiger partial charge in [0.15, 0.2) is 0 Å². The molecule has 0 fully saturated rings.